The minimum absolute atomic E-state index is 0.154. The molecule has 1 aromatic heterocycles. The van der Waals surface area contributed by atoms with Gasteiger partial charge in [-0.25, -0.2) is 0 Å². The highest BCUT2D eigenvalue weighted by Gasteiger charge is 2.17. The van der Waals surface area contributed by atoms with Gasteiger partial charge in [-0.1, -0.05) is 11.6 Å². The molecular weight excluding hydrogens is 194 g/mol. The van der Waals surface area contributed by atoms with Gasteiger partial charge in [0.15, 0.2) is 0 Å². The van der Waals surface area contributed by atoms with Crippen LogP contribution in [0.25, 0.3) is 0 Å². The molecule has 0 bridgehead atoms. The Morgan fingerprint density at radius 2 is 2.54 bits per heavy atom. The molecule has 0 saturated carbocycles. The lowest BCUT2D eigenvalue weighted by atomic mass is 10.1. The van der Waals surface area contributed by atoms with Crippen LogP contribution in [0.5, 0.6) is 0 Å². The van der Waals surface area contributed by atoms with E-state index in [0.29, 0.717) is 10.7 Å². The van der Waals surface area contributed by atoms with Gasteiger partial charge in [0.2, 0.25) is 0 Å². The maximum Gasteiger partial charge on any atom is 0.305 e. The number of nitrogens with two attached hydrogens (primary N) is 1. The smallest absolute Gasteiger partial charge is 0.305 e. The van der Waals surface area contributed by atoms with Gasteiger partial charge in [-0.3, -0.25) is 9.48 Å². The summed E-state index contributed by atoms with van der Waals surface area (Å²) in [6.45, 7) is 0. The second-order valence-corrected chi connectivity index (χ2v) is 3.11. The van der Waals surface area contributed by atoms with Crippen molar-refractivity contribution in [3.63, 3.8) is 0 Å². The van der Waals surface area contributed by atoms with Gasteiger partial charge in [0.05, 0.1) is 29.4 Å². The molecule has 1 aromatic rings. The van der Waals surface area contributed by atoms with Crippen LogP contribution < -0.4 is 5.73 Å². The average Bonchev–Trinajstić information content (AvgIpc) is 2.29. The Kier molecular flexibility index (Phi) is 2.90. The number of halogens is 1. The number of hydrogen-bond donors (Lipinski definition) is 2. The summed E-state index contributed by atoms with van der Waals surface area (Å²) in [5, 5.41) is 12.8. The van der Waals surface area contributed by atoms with E-state index >= 15 is 0 Å². The number of aryl methyl sites for hydroxylation is 1. The molecule has 0 aliphatic carbocycles. The second kappa shape index (κ2) is 3.76. The Labute approximate surface area is 80.1 Å². The number of hydrogen-bond acceptors (Lipinski definition) is 3. The first kappa shape index (κ1) is 10.0. The number of aliphatic carboxylic acids is 1. The van der Waals surface area contributed by atoms with Crippen molar-refractivity contribution in [2.45, 2.75) is 12.5 Å². The average molecular weight is 204 g/mol. The predicted octanol–water partition coefficient (Wildman–Crippen LogP) is 0.548. The molecule has 1 rings (SSSR count). The third kappa shape index (κ3) is 2.19. The van der Waals surface area contributed by atoms with Gasteiger partial charge in [-0.2, -0.15) is 5.10 Å². The molecule has 0 aliphatic heterocycles. The maximum atomic E-state index is 10.4. The highest BCUT2D eigenvalue weighted by molar-refractivity contribution is 6.31. The maximum absolute atomic E-state index is 10.4. The van der Waals surface area contributed by atoms with E-state index in [4.69, 9.17) is 22.4 Å². The quantitative estimate of drug-likeness (QED) is 0.752. The van der Waals surface area contributed by atoms with Gasteiger partial charge in [-0.15, -0.1) is 0 Å². The number of carbonyl (C=O) groups is 1. The van der Waals surface area contributed by atoms with E-state index in [2.05, 4.69) is 5.10 Å². The van der Waals surface area contributed by atoms with E-state index in [1.807, 2.05) is 0 Å². The van der Waals surface area contributed by atoms with Crippen LogP contribution in [0.15, 0.2) is 6.20 Å². The molecule has 0 spiro atoms. The summed E-state index contributed by atoms with van der Waals surface area (Å²) >= 11 is 5.77. The predicted molar refractivity (Wildman–Crippen MR) is 47.4 cm³/mol. The molecule has 0 aromatic carbocycles. The lowest BCUT2D eigenvalue weighted by Gasteiger charge is -2.09. The van der Waals surface area contributed by atoms with Crippen LogP contribution in [-0.2, 0) is 11.8 Å². The fraction of sp³-hybridized carbons (Fsp3) is 0.429. The first-order valence-corrected chi connectivity index (χ1v) is 4.05. The van der Waals surface area contributed by atoms with Crippen LogP contribution in [0.2, 0.25) is 5.02 Å². The van der Waals surface area contributed by atoms with E-state index in [-0.39, 0.29) is 6.42 Å². The van der Waals surface area contributed by atoms with Crippen LogP contribution >= 0.6 is 11.6 Å². The van der Waals surface area contributed by atoms with Crippen molar-refractivity contribution >= 4 is 17.6 Å². The third-order valence-corrected chi connectivity index (χ3v) is 1.97. The highest BCUT2D eigenvalue weighted by atomic mass is 35.5. The largest absolute Gasteiger partial charge is 0.481 e. The summed E-state index contributed by atoms with van der Waals surface area (Å²) < 4.78 is 1.48. The Hall–Kier alpha value is -1.07. The van der Waals surface area contributed by atoms with Crippen molar-refractivity contribution < 1.29 is 9.90 Å². The van der Waals surface area contributed by atoms with Crippen LogP contribution in [0.4, 0.5) is 0 Å². The van der Waals surface area contributed by atoms with Crippen LogP contribution in [0, 0.1) is 0 Å². The lowest BCUT2D eigenvalue weighted by Crippen LogP contribution is -2.18. The normalized spacial score (nSPS) is 12.8. The summed E-state index contributed by atoms with van der Waals surface area (Å²) in [6.07, 6.45) is 1.29. The summed E-state index contributed by atoms with van der Waals surface area (Å²) in [5.41, 5.74) is 6.16. The van der Waals surface area contributed by atoms with Gasteiger partial charge in [0, 0.05) is 7.05 Å². The molecule has 0 amide bonds. The molecule has 13 heavy (non-hydrogen) atoms. The molecule has 1 heterocycles. The Bertz CT molecular complexity index is 304. The molecule has 1 atom stereocenters. The van der Waals surface area contributed by atoms with Crippen LogP contribution in [-0.4, -0.2) is 20.9 Å². The minimum Gasteiger partial charge on any atom is -0.481 e. The Morgan fingerprint density at radius 3 is 2.92 bits per heavy atom. The lowest BCUT2D eigenvalue weighted by molar-refractivity contribution is -0.137. The number of aromatic nitrogens is 2. The number of carboxylic acid groups (broad SMARTS) is 1. The van der Waals surface area contributed by atoms with E-state index in [1.165, 1.54) is 10.9 Å². The van der Waals surface area contributed by atoms with Gasteiger partial charge in [0.1, 0.15) is 0 Å². The molecule has 0 radical (unpaired) electrons. The standard InChI is InChI=1S/C7H10ClN3O2/c1-11-7(4(8)3-10-11)5(9)2-6(12)13/h3,5H,2,9H2,1H3,(H,12,13). The first-order valence-electron chi connectivity index (χ1n) is 3.67. The molecule has 0 aliphatic rings. The third-order valence-electron chi connectivity index (χ3n) is 1.68. The fourth-order valence-electron chi connectivity index (χ4n) is 1.12. The first-order chi connectivity index (χ1) is 6.02. The van der Waals surface area contributed by atoms with Crippen molar-refractivity contribution in [3.05, 3.63) is 16.9 Å². The summed E-state index contributed by atoms with van der Waals surface area (Å²) in [7, 11) is 1.67. The van der Waals surface area contributed by atoms with Crippen LogP contribution in [0.1, 0.15) is 18.2 Å². The van der Waals surface area contributed by atoms with Gasteiger partial charge < -0.3 is 10.8 Å². The van der Waals surface area contributed by atoms with Crippen molar-refractivity contribution in [1.82, 2.24) is 9.78 Å². The fourth-order valence-corrected chi connectivity index (χ4v) is 1.43. The number of rotatable bonds is 3. The molecule has 5 nitrogen and oxygen atoms in total. The van der Waals surface area contributed by atoms with Gasteiger partial charge in [0.25, 0.3) is 0 Å². The zero-order valence-electron chi connectivity index (χ0n) is 7.07. The van der Waals surface area contributed by atoms with Crippen molar-refractivity contribution in [2.75, 3.05) is 0 Å². The van der Waals surface area contributed by atoms with Crippen molar-refractivity contribution in [2.24, 2.45) is 12.8 Å². The highest BCUT2D eigenvalue weighted by Crippen LogP contribution is 2.22. The van der Waals surface area contributed by atoms with Crippen LogP contribution in [0.3, 0.4) is 0 Å². The molecular formula is C7H10ClN3O2. The summed E-state index contributed by atoms with van der Waals surface area (Å²) in [5.74, 6) is -0.954. The topological polar surface area (TPSA) is 81.1 Å². The van der Waals surface area contributed by atoms with E-state index in [1.54, 1.807) is 7.05 Å². The monoisotopic (exact) mass is 203 g/mol. The Morgan fingerprint density at radius 1 is 1.92 bits per heavy atom. The summed E-state index contributed by atoms with van der Waals surface area (Å²) in [4.78, 5) is 10.4. The van der Waals surface area contributed by atoms with Gasteiger partial charge in [-0.05, 0) is 0 Å². The van der Waals surface area contributed by atoms with Gasteiger partial charge >= 0.3 is 5.97 Å². The Balaban J connectivity index is 2.87. The molecule has 0 fully saturated rings. The molecule has 6 heteroatoms. The van der Waals surface area contributed by atoms with E-state index in [0.717, 1.165) is 0 Å². The zero-order valence-corrected chi connectivity index (χ0v) is 7.82. The second-order valence-electron chi connectivity index (χ2n) is 2.71. The van der Waals surface area contributed by atoms with E-state index < -0.39 is 12.0 Å². The molecule has 72 valence electrons. The molecule has 1 unspecified atom stereocenters. The number of nitrogens with zero attached hydrogens (tertiary/aromatic N) is 2. The van der Waals surface area contributed by atoms with Crippen molar-refractivity contribution in [1.29, 1.82) is 0 Å². The van der Waals surface area contributed by atoms with Crippen molar-refractivity contribution in [3.8, 4) is 0 Å². The SMILES string of the molecule is Cn1ncc(Cl)c1C(N)CC(=O)O. The molecule has 0 saturated heterocycles. The minimum atomic E-state index is -0.954. The molecule has 3 N–H and O–H groups in total. The number of carboxylic acids is 1. The zero-order chi connectivity index (χ0) is 10.0. The van der Waals surface area contributed by atoms with E-state index in [9.17, 15) is 4.79 Å². The summed E-state index contributed by atoms with van der Waals surface area (Å²) in [6, 6.07) is -0.613.